The third kappa shape index (κ3) is 4.07. The highest BCUT2D eigenvalue weighted by Crippen LogP contribution is 2.38. The van der Waals surface area contributed by atoms with Crippen LogP contribution in [-0.2, 0) is 13.6 Å². The highest BCUT2D eigenvalue weighted by Gasteiger charge is 2.44. The lowest BCUT2D eigenvalue weighted by molar-refractivity contribution is 0.145. The number of hydrogen-bond donors (Lipinski definition) is 2. The standard InChI is InChI=1S/C25H30N8O2/c1-4-5-13-32-21-22(34)29-24(35)30(3)23(21)33(25(32)31-12-8-9-17(26)14-31)15-20-27-16(2)18-10-6-7-11-19(18)28-20/h6-7,10-11,17,25H,8-9,12-15,26H2,1-3H3,(H,29,34,35)/t17-,25?/m0/s1. The van der Waals surface area contributed by atoms with Gasteiger partial charge in [-0.3, -0.25) is 19.2 Å². The first-order valence-electron chi connectivity index (χ1n) is 11.9. The molecule has 0 spiro atoms. The second-order valence-electron chi connectivity index (χ2n) is 9.16. The number of nitrogens with two attached hydrogens (primary N) is 1. The number of H-pyrrole nitrogens is 1. The van der Waals surface area contributed by atoms with Gasteiger partial charge >= 0.3 is 5.69 Å². The van der Waals surface area contributed by atoms with Crippen LogP contribution in [0.1, 0.15) is 31.3 Å². The number of likely N-dealkylation sites (tertiary alicyclic amines) is 1. The van der Waals surface area contributed by atoms with Crippen LogP contribution in [0.5, 0.6) is 0 Å². The van der Waals surface area contributed by atoms with Gasteiger partial charge < -0.3 is 15.5 Å². The van der Waals surface area contributed by atoms with Gasteiger partial charge in [-0.1, -0.05) is 24.1 Å². The predicted octanol–water partition coefficient (Wildman–Crippen LogP) is 0.882. The smallest absolute Gasteiger partial charge is 0.327 e. The van der Waals surface area contributed by atoms with Gasteiger partial charge in [0.25, 0.3) is 5.56 Å². The molecule has 10 heteroatoms. The second kappa shape index (κ2) is 9.17. The molecule has 3 aromatic rings. The fraction of sp³-hybridized carbons (Fsp3) is 0.440. The maximum Gasteiger partial charge on any atom is 0.329 e. The molecule has 3 N–H and O–H groups in total. The minimum absolute atomic E-state index is 0.0367. The van der Waals surface area contributed by atoms with E-state index in [0.717, 1.165) is 36.0 Å². The molecule has 0 radical (unpaired) electrons. The van der Waals surface area contributed by atoms with E-state index in [1.54, 1.807) is 14.0 Å². The maximum absolute atomic E-state index is 13.1. The number of piperidine rings is 1. The minimum atomic E-state index is -0.466. The van der Waals surface area contributed by atoms with Gasteiger partial charge in [0, 0.05) is 37.3 Å². The Bertz CT molecular complexity index is 1450. The normalized spacial score (nSPS) is 20.1. The van der Waals surface area contributed by atoms with Crippen molar-refractivity contribution in [3.63, 3.8) is 0 Å². The zero-order chi connectivity index (χ0) is 24.7. The minimum Gasteiger partial charge on any atom is -0.327 e. The van der Waals surface area contributed by atoms with Gasteiger partial charge in [-0.15, -0.1) is 5.92 Å². The molecule has 2 aliphatic rings. The highest BCUT2D eigenvalue weighted by molar-refractivity contribution is 5.80. The number of benzene rings is 1. The zero-order valence-corrected chi connectivity index (χ0v) is 20.3. The molecule has 1 saturated heterocycles. The van der Waals surface area contributed by atoms with Crippen LogP contribution in [-0.4, -0.2) is 56.4 Å². The molecule has 1 fully saturated rings. The molecule has 2 aromatic heterocycles. The first kappa shape index (κ1) is 23.1. The van der Waals surface area contributed by atoms with Crippen molar-refractivity contribution in [1.29, 1.82) is 0 Å². The number of fused-ring (bicyclic) bond motifs is 2. The molecule has 0 aliphatic carbocycles. The molecule has 182 valence electrons. The number of para-hydroxylation sites is 1. The number of anilines is 2. The summed E-state index contributed by atoms with van der Waals surface area (Å²) in [5.41, 5.74) is 7.63. The molecule has 1 aromatic carbocycles. The van der Waals surface area contributed by atoms with Gasteiger partial charge in [0.15, 0.2) is 6.29 Å². The Hall–Kier alpha value is -3.68. The van der Waals surface area contributed by atoms with Gasteiger partial charge in [0.1, 0.15) is 17.3 Å². The summed E-state index contributed by atoms with van der Waals surface area (Å²) in [6.07, 6.45) is 1.56. The SMILES string of the molecule is CC#CCN1c2c(n(C)c(=O)[nH]c2=O)N(Cc2nc(C)c3ccccc3n2)C1N1CCC[C@H](N)C1. The van der Waals surface area contributed by atoms with Crippen molar-refractivity contribution in [1.82, 2.24) is 24.4 Å². The van der Waals surface area contributed by atoms with Crippen molar-refractivity contribution < 1.29 is 0 Å². The summed E-state index contributed by atoms with van der Waals surface area (Å²) in [4.78, 5) is 44.1. The maximum atomic E-state index is 13.1. The van der Waals surface area contributed by atoms with E-state index >= 15 is 0 Å². The molecule has 0 saturated carbocycles. The quantitative estimate of drug-likeness (QED) is 0.536. The molecule has 2 atom stereocenters. The number of aromatic nitrogens is 4. The molecule has 35 heavy (non-hydrogen) atoms. The van der Waals surface area contributed by atoms with Crippen LogP contribution in [0.2, 0.25) is 0 Å². The first-order chi connectivity index (χ1) is 16.9. The molecule has 0 bridgehead atoms. The van der Waals surface area contributed by atoms with E-state index in [-0.39, 0.29) is 12.3 Å². The summed E-state index contributed by atoms with van der Waals surface area (Å²) >= 11 is 0. The van der Waals surface area contributed by atoms with Gasteiger partial charge in [-0.05, 0) is 32.8 Å². The van der Waals surface area contributed by atoms with Crippen molar-refractivity contribution in [3.8, 4) is 11.8 Å². The van der Waals surface area contributed by atoms with E-state index in [2.05, 4.69) is 21.7 Å². The number of aromatic amines is 1. The summed E-state index contributed by atoms with van der Waals surface area (Å²) in [6, 6.07) is 7.94. The van der Waals surface area contributed by atoms with Crippen molar-refractivity contribution in [3.05, 3.63) is 56.6 Å². The van der Waals surface area contributed by atoms with E-state index in [4.69, 9.17) is 15.7 Å². The first-order valence-corrected chi connectivity index (χ1v) is 11.9. The Kier molecular flexibility index (Phi) is 6.05. The number of hydrogen-bond acceptors (Lipinski definition) is 8. The molecule has 2 aliphatic heterocycles. The van der Waals surface area contributed by atoms with Crippen molar-refractivity contribution in [2.45, 2.75) is 45.6 Å². The van der Waals surface area contributed by atoms with Crippen LogP contribution >= 0.6 is 0 Å². The van der Waals surface area contributed by atoms with Crippen LogP contribution in [0.15, 0.2) is 33.9 Å². The average Bonchev–Trinajstić information content (AvgIpc) is 3.15. The van der Waals surface area contributed by atoms with E-state index in [1.165, 1.54) is 4.57 Å². The van der Waals surface area contributed by atoms with Crippen LogP contribution in [0.25, 0.3) is 10.9 Å². The summed E-state index contributed by atoms with van der Waals surface area (Å²) in [6.45, 7) is 5.90. The Morgan fingerprint density at radius 1 is 1.20 bits per heavy atom. The summed E-state index contributed by atoms with van der Waals surface area (Å²) in [5, 5.41) is 1.00. The lowest BCUT2D eigenvalue weighted by Gasteiger charge is -2.43. The van der Waals surface area contributed by atoms with E-state index in [9.17, 15) is 9.59 Å². The Balaban J connectivity index is 1.67. The van der Waals surface area contributed by atoms with Gasteiger partial charge in [0.2, 0.25) is 0 Å². The number of rotatable bonds is 4. The van der Waals surface area contributed by atoms with Crippen LogP contribution in [0.3, 0.4) is 0 Å². The van der Waals surface area contributed by atoms with Crippen molar-refractivity contribution >= 4 is 22.4 Å². The van der Waals surface area contributed by atoms with Crippen LogP contribution < -0.4 is 26.8 Å². The summed E-state index contributed by atoms with van der Waals surface area (Å²) in [7, 11) is 1.67. The van der Waals surface area contributed by atoms with E-state index in [0.29, 0.717) is 37.0 Å². The fourth-order valence-electron chi connectivity index (χ4n) is 5.22. The van der Waals surface area contributed by atoms with E-state index < -0.39 is 11.2 Å². The number of aryl methyl sites for hydroxylation is 1. The van der Waals surface area contributed by atoms with Crippen LogP contribution in [0, 0.1) is 18.8 Å². The lowest BCUT2D eigenvalue weighted by atomic mass is 10.1. The third-order valence-corrected chi connectivity index (χ3v) is 6.78. The van der Waals surface area contributed by atoms with Crippen molar-refractivity contribution in [2.24, 2.45) is 12.8 Å². The van der Waals surface area contributed by atoms with Gasteiger partial charge in [0.05, 0.1) is 18.6 Å². The average molecular weight is 475 g/mol. The van der Waals surface area contributed by atoms with Crippen molar-refractivity contribution in [2.75, 3.05) is 29.4 Å². The predicted molar refractivity (Wildman–Crippen MR) is 136 cm³/mol. The topological polar surface area (TPSA) is 116 Å². The largest absolute Gasteiger partial charge is 0.329 e. The highest BCUT2D eigenvalue weighted by atomic mass is 16.2. The molecule has 4 heterocycles. The molecule has 5 rings (SSSR count). The summed E-state index contributed by atoms with van der Waals surface area (Å²) in [5.74, 6) is 7.20. The number of nitrogens with one attached hydrogen (secondary N) is 1. The molecular formula is C25H30N8O2. The lowest BCUT2D eigenvalue weighted by Crippen LogP contribution is -2.60. The molecule has 10 nitrogen and oxygen atoms in total. The van der Waals surface area contributed by atoms with Gasteiger partial charge in [-0.2, -0.15) is 0 Å². The Morgan fingerprint density at radius 2 is 2.00 bits per heavy atom. The summed E-state index contributed by atoms with van der Waals surface area (Å²) < 4.78 is 1.49. The zero-order valence-electron chi connectivity index (χ0n) is 20.3. The molecular weight excluding hydrogens is 444 g/mol. The number of nitrogens with zero attached hydrogens (tertiary/aromatic N) is 6. The monoisotopic (exact) mass is 474 g/mol. The fourth-order valence-corrected chi connectivity index (χ4v) is 5.22. The second-order valence-corrected chi connectivity index (χ2v) is 9.16. The third-order valence-electron chi connectivity index (χ3n) is 6.78. The Morgan fingerprint density at radius 3 is 2.77 bits per heavy atom. The Labute approximate surface area is 203 Å². The van der Waals surface area contributed by atoms with E-state index in [1.807, 2.05) is 41.0 Å². The molecule has 1 unspecified atom stereocenters. The van der Waals surface area contributed by atoms with Crippen LogP contribution in [0.4, 0.5) is 11.5 Å². The molecule has 0 amide bonds. The van der Waals surface area contributed by atoms with Gasteiger partial charge in [-0.25, -0.2) is 14.8 Å².